The van der Waals surface area contributed by atoms with Gasteiger partial charge in [0, 0.05) is 13.1 Å². The average Bonchev–Trinajstić information content (AvgIpc) is 2.79. The first kappa shape index (κ1) is 18.4. The normalized spacial score (nSPS) is 12.3. The van der Waals surface area contributed by atoms with Crippen LogP contribution < -0.4 is 10.6 Å². The Hall–Kier alpha value is -1.63. The van der Waals surface area contributed by atoms with Gasteiger partial charge < -0.3 is 15.4 Å². The molecule has 0 unspecified atom stereocenters. The zero-order valence-corrected chi connectivity index (χ0v) is 14.6. The van der Waals surface area contributed by atoms with Gasteiger partial charge in [0.2, 0.25) is 0 Å². The summed E-state index contributed by atoms with van der Waals surface area (Å²) in [5.41, 5.74) is 0.402. The van der Waals surface area contributed by atoms with E-state index in [9.17, 15) is 4.79 Å². The summed E-state index contributed by atoms with van der Waals surface area (Å²) in [7, 11) is 0. The number of nitrogens with one attached hydrogen (secondary N) is 2. The van der Waals surface area contributed by atoms with Gasteiger partial charge in [-0.2, -0.15) is 0 Å². The van der Waals surface area contributed by atoms with E-state index in [2.05, 4.69) is 41.7 Å². The molecule has 0 aliphatic heterocycles. The summed E-state index contributed by atoms with van der Waals surface area (Å²) in [6, 6.07) is 0. The highest BCUT2D eigenvalue weighted by atomic mass is 16.6. The molecule has 0 atom stereocenters. The van der Waals surface area contributed by atoms with Crippen LogP contribution in [0.25, 0.3) is 0 Å². The van der Waals surface area contributed by atoms with Crippen molar-refractivity contribution in [2.75, 3.05) is 13.1 Å². The fourth-order valence-corrected chi connectivity index (χ4v) is 1.64. The number of nitrogens with zero attached hydrogens (tertiary/aromatic N) is 3. The number of carbonyl (C=O) groups is 1. The van der Waals surface area contributed by atoms with Crippen molar-refractivity contribution >= 4 is 6.09 Å². The van der Waals surface area contributed by atoms with Gasteiger partial charge in [-0.25, -0.2) is 9.48 Å². The van der Waals surface area contributed by atoms with Gasteiger partial charge in [0.25, 0.3) is 0 Å². The molecule has 0 saturated carbocycles. The average molecular weight is 311 g/mol. The van der Waals surface area contributed by atoms with Crippen LogP contribution in [0.3, 0.4) is 0 Å². The van der Waals surface area contributed by atoms with E-state index in [-0.39, 0.29) is 11.6 Å². The molecule has 0 fully saturated rings. The zero-order valence-electron chi connectivity index (χ0n) is 14.6. The lowest BCUT2D eigenvalue weighted by atomic mass is 10.1. The minimum absolute atomic E-state index is 0.0530. The predicted molar refractivity (Wildman–Crippen MR) is 85.6 cm³/mol. The summed E-state index contributed by atoms with van der Waals surface area (Å²) in [5.74, 6) is 0. The monoisotopic (exact) mass is 311 g/mol. The number of hydrogen-bond donors (Lipinski definition) is 2. The fraction of sp³-hybridized carbons (Fsp3) is 0.800. The van der Waals surface area contributed by atoms with Gasteiger partial charge in [0.05, 0.1) is 17.4 Å². The first-order valence-electron chi connectivity index (χ1n) is 7.67. The van der Waals surface area contributed by atoms with E-state index >= 15 is 0 Å². The minimum atomic E-state index is -0.457. The Morgan fingerprint density at radius 3 is 2.45 bits per heavy atom. The maximum absolute atomic E-state index is 11.4. The Kier molecular flexibility index (Phi) is 6.34. The van der Waals surface area contributed by atoms with Crippen molar-refractivity contribution in [1.29, 1.82) is 0 Å². The Balaban J connectivity index is 2.13. The summed E-state index contributed by atoms with van der Waals surface area (Å²) in [4.78, 5) is 11.4. The highest BCUT2D eigenvalue weighted by molar-refractivity contribution is 5.67. The van der Waals surface area contributed by atoms with Crippen molar-refractivity contribution in [2.45, 2.75) is 65.6 Å². The molecule has 1 amide bonds. The molecule has 1 aromatic heterocycles. The van der Waals surface area contributed by atoms with Crippen LogP contribution in [0, 0.1) is 0 Å². The molecule has 1 rings (SSSR count). The molecule has 7 nitrogen and oxygen atoms in total. The summed E-state index contributed by atoms with van der Waals surface area (Å²) < 4.78 is 7.01. The third kappa shape index (κ3) is 7.40. The van der Waals surface area contributed by atoms with Crippen LogP contribution in [0.2, 0.25) is 0 Å². The molecule has 2 N–H and O–H groups in total. The van der Waals surface area contributed by atoms with Crippen LogP contribution in [0.5, 0.6) is 0 Å². The van der Waals surface area contributed by atoms with E-state index < -0.39 is 5.60 Å². The summed E-state index contributed by atoms with van der Waals surface area (Å²) >= 11 is 0. The zero-order chi connectivity index (χ0) is 16.8. The van der Waals surface area contributed by atoms with Crippen molar-refractivity contribution in [3.63, 3.8) is 0 Å². The van der Waals surface area contributed by atoms with E-state index in [4.69, 9.17) is 4.74 Å². The Labute approximate surface area is 132 Å². The number of ether oxygens (including phenoxy) is 1. The number of aromatic nitrogens is 3. The topological polar surface area (TPSA) is 81.1 Å². The first-order chi connectivity index (χ1) is 10.1. The molecule has 22 heavy (non-hydrogen) atoms. The quantitative estimate of drug-likeness (QED) is 0.786. The van der Waals surface area contributed by atoms with E-state index in [1.54, 1.807) is 0 Å². The molecule has 1 aromatic rings. The van der Waals surface area contributed by atoms with Crippen molar-refractivity contribution in [3.8, 4) is 0 Å². The van der Waals surface area contributed by atoms with E-state index in [1.807, 2.05) is 31.6 Å². The summed E-state index contributed by atoms with van der Waals surface area (Å²) in [5, 5.41) is 14.3. The summed E-state index contributed by atoms with van der Waals surface area (Å²) in [6.07, 6.45) is 2.40. The van der Waals surface area contributed by atoms with Crippen LogP contribution >= 0.6 is 0 Å². The van der Waals surface area contributed by atoms with Crippen molar-refractivity contribution in [2.24, 2.45) is 0 Å². The maximum atomic E-state index is 11.4. The molecular formula is C15H29N5O2. The van der Waals surface area contributed by atoms with Gasteiger partial charge in [-0.05, 0) is 54.5 Å². The Morgan fingerprint density at radius 1 is 1.23 bits per heavy atom. The lowest BCUT2D eigenvalue weighted by Crippen LogP contribution is -2.33. The van der Waals surface area contributed by atoms with Crippen LogP contribution in [0.1, 0.15) is 53.7 Å². The molecule has 0 bridgehead atoms. The van der Waals surface area contributed by atoms with Crippen LogP contribution in [0.15, 0.2) is 6.20 Å². The fourth-order valence-electron chi connectivity index (χ4n) is 1.64. The predicted octanol–water partition coefficient (Wildman–Crippen LogP) is 2.04. The molecule has 126 valence electrons. The molecule has 0 saturated heterocycles. The molecule has 0 aliphatic carbocycles. The molecule has 7 heteroatoms. The number of alkyl carbamates (subject to hydrolysis) is 1. The van der Waals surface area contributed by atoms with E-state index in [1.165, 1.54) is 0 Å². The van der Waals surface area contributed by atoms with Crippen molar-refractivity contribution in [1.82, 2.24) is 25.6 Å². The highest BCUT2D eigenvalue weighted by Crippen LogP contribution is 2.11. The Bertz CT molecular complexity index is 471. The smallest absolute Gasteiger partial charge is 0.407 e. The van der Waals surface area contributed by atoms with Gasteiger partial charge in [-0.3, -0.25) is 0 Å². The van der Waals surface area contributed by atoms with Crippen LogP contribution in [0.4, 0.5) is 4.79 Å². The Morgan fingerprint density at radius 2 is 1.91 bits per heavy atom. The largest absolute Gasteiger partial charge is 0.444 e. The van der Waals surface area contributed by atoms with E-state index in [0.29, 0.717) is 13.1 Å². The molecule has 0 aliphatic rings. The number of hydrogen-bond acceptors (Lipinski definition) is 5. The summed E-state index contributed by atoms with van der Waals surface area (Å²) in [6.45, 7) is 13.8. The van der Waals surface area contributed by atoms with Gasteiger partial charge in [-0.1, -0.05) is 5.21 Å². The van der Waals surface area contributed by atoms with Crippen LogP contribution in [-0.2, 0) is 16.8 Å². The van der Waals surface area contributed by atoms with Gasteiger partial charge in [-0.15, -0.1) is 5.10 Å². The maximum Gasteiger partial charge on any atom is 0.407 e. The van der Waals surface area contributed by atoms with Crippen LogP contribution in [-0.4, -0.2) is 39.8 Å². The molecule has 0 spiro atoms. The second kappa shape index (κ2) is 7.58. The highest BCUT2D eigenvalue weighted by Gasteiger charge is 2.16. The standard InChI is InChI=1S/C15H29N5O2/c1-14(2,3)20-11-12(18-19-20)10-16-8-7-9-17-13(21)22-15(4,5)6/h11,16H,7-10H2,1-6H3,(H,17,21). The molecular weight excluding hydrogens is 282 g/mol. The molecule has 0 radical (unpaired) electrons. The number of rotatable bonds is 6. The van der Waals surface area contributed by atoms with E-state index in [0.717, 1.165) is 18.7 Å². The second-order valence-electron chi connectivity index (χ2n) is 7.28. The van der Waals surface area contributed by atoms with Gasteiger partial charge in [0.15, 0.2) is 0 Å². The SMILES string of the molecule is CC(C)(C)OC(=O)NCCCNCc1cn(C(C)(C)C)nn1. The number of carbonyl (C=O) groups excluding carboxylic acids is 1. The minimum Gasteiger partial charge on any atom is -0.444 e. The molecule has 1 heterocycles. The molecule has 0 aromatic carbocycles. The van der Waals surface area contributed by atoms with Gasteiger partial charge in [0.1, 0.15) is 5.60 Å². The third-order valence-corrected chi connectivity index (χ3v) is 2.73. The van der Waals surface area contributed by atoms with Crippen molar-refractivity contribution in [3.05, 3.63) is 11.9 Å². The first-order valence-corrected chi connectivity index (χ1v) is 7.67. The lowest BCUT2D eigenvalue weighted by molar-refractivity contribution is 0.0527. The lowest BCUT2D eigenvalue weighted by Gasteiger charge is -2.19. The van der Waals surface area contributed by atoms with Crippen molar-refractivity contribution < 1.29 is 9.53 Å². The third-order valence-electron chi connectivity index (χ3n) is 2.73. The second-order valence-corrected chi connectivity index (χ2v) is 7.28. The van der Waals surface area contributed by atoms with Gasteiger partial charge >= 0.3 is 6.09 Å². The number of amides is 1.